The average Bonchev–Trinajstić information content (AvgIpc) is 3.29. The van der Waals surface area contributed by atoms with Crippen molar-refractivity contribution in [3.05, 3.63) is 64.7 Å². The molecule has 0 spiro atoms. The van der Waals surface area contributed by atoms with Gasteiger partial charge in [0, 0.05) is 4.88 Å². The second-order valence-electron chi connectivity index (χ2n) is 5.62. The molecule has 3 heterocycles. The molecule has 0 radical (unpaired) electrons. The van der Waals surface area contributed by atoms with Crippen molar-refractivity contribution in [1.82, 2.24) is 9.97 Å². The van der Waals surface area contributed by atoms with Gasteiger partial charge in [-0.2, -0.15) is 0 Å². The smallest absolute Gasteiger partial charge is 0.295 e. The Morgan fingerprint density at radius 1 is 1.08 bits per heavy atom. The summed E-state index contributed by atoms with van der Waals surface area (Å²) in [4.78, 5) is 9.71. The van der Waals surface area contributed by atoms with E-state index in [-0.39, 0.29) is 17.4 Å². The van der Waals surface area contributed by atoms with Gasteiger partial charge in [-0.15, -0.1) is 11.3 Å². The van der Waals surface area contributed by atoms with Crippen LogP contribution in [0.3, 0.4) is 0 Å². The first-order valence-corrected chi connectivity index (χ1v) is 8.53. The van der Waals surface area contributed by atoms with Gasteiger partial charge in [0.15, 0.2) is 17.3 Å². The summed E-state index contributed by atoms with van der Waals surface area (Å²) < 4.78 is 30.5. The number of fused-ring (bicyclic) bond motifs is 1. The lowest BCUT2D eigenvalue weighted by molar-refractivity contribution is 0.122. The number of alkyl halides is 2. The fourth-order valence-electron chi connectivity index (χ4n) is 2.60. The summed E-state index contributed by atoms with van der Waals surface area (Å²) in [5, 5.41) is 11.2. The molecule has 0 aliphatic rings. The standard InChI is InChI=1S/C18H13F2N3O2S/c19-15(20)11-6-7-12(25-11)17-22-16(21)10-8-13(26-18(10)23-17)14(24)9-4-2-1-3-5-9/h1-8,14-15,24H,(H2,21,22,23). The maximum Gasteiger partial charge on any atom is 0.295 e. The zero-order chi connectivity index (χ0) is 18.3. The van der Waals surface area contributed by atoms with Crippen molar-refractivity contribution < 1.29 is 18.3 Å². The van der Waals surface area contributed by atoms with Crippen molar-refractivity contribution in [3.63, 3.8) is 0 Å². The number of nitrogens with zero attached hydrogens (tertiary/aromatic N) is 2. The molecule has 0 amide bonds. The third kappa shape index (κ3) is 2.93. The number of anilines is 1. The van der Waals surface area contributed by atoms with Gasteiger partial charge in [0.05, 0.1) is 5.39 Å². The van der Waals surface area contributed by atoms with Crippen LogP contribution >= 0.6 is 11.3 Å². The maximum atomic E-state index is 12.7. The lowest BCUT2D eigenvalue weighted by Crippen LogP contribution is -1.96. The van der Waals surface area contributed by atoms with Crippen LogP contribution in [0.15, 0.2) is 52.9 Å². The number of furan rings is 1. The number of benzene rings is 1. The Balaban J connectivity index is 1.75. The molecule has 0 fully saturated rings. The van der Waals surface area contributed by atoms with Crippen molar-refractivity contribution in [2.24, 2.45) is 0 Å². The first-order valence-electron chi connectivity index (χ1n) is 7.71. The van der Waals surface area contributed by atoms with Crippen LogP contribution in [0.4, 0.5) is 14.6 Å². The molecule has 3 aromatic heterocycles. The molecule has 8 heteroatoms. The highest BCUT2D eigenvalue weighted by Gasteiger charge is 2.19. The van der Waals surface area contributed by atoms with Crippen LogP contribution in [-0.4, -0.2) is 15.1 Å². The molecule has 5 nitrogen and oxygen atoms in total. The molecule has 26 heavy (non-hydrogen) atoms. The van der Waals surface area contributed by atoms with Crippen molar-refractivity contribution in [2.75, 3.05) is 5.73 Å². The number of thiophene rings is 1. The Morgan fingerprint density at radius 3 is 2.54 bits per heavy atom. The SMILES string of the molecule is Nc1nc(-c2ccc(C(F)F)o2)nc2sc(C(O)c3ccccc3)cc12. The number of nitrogen functional groups attached to an aromatic ring is 1. The van der Waals surface area contributed by atoms with Crippen molar-refractivity contribution in [3.8, 4) is 11.6 Å². The van der Waals surface area contributed by atoms with E-state index in [4.69, 9.17) is 10.2 Å². The third-order valence-corrected chi connectivity index (χ3v) is 4.97. The number of rotatable bonds is 4. The van der Waals surface area contributed by atoms with Crippen molar-refractivity contribution >= 4 is 27.4 Å². The number of aromatic nitrogens is 2. The van der Waals surface area contributed by atoms with Gasteiger partial charge in [-0.25, -0.2) is 18.7 Å². The van der Waals surface area contributed by atoms with Crippen LogP contribution in [-0.2, 0) is 0 Å². The zero-order valence-electron chi connectivity index (χ0n) is 13.3. The predicted molar refractivity (Wildman–Crippen MR) is 95.0 cm³/mol. The van der Waals surface area contributed by atoms with E-state index in [1.165, 1.54) is 23.5 Å². The topological polar surface area (TPSA) is 85.2 Å². The largest absolute Gasteiger partial charge is 0.452 e. The minimum atomic E-state index is -2.71. The van der Waals surface area contributed by atoms with Crippen molar-refractivity contribution in [2.45, 2.75) is 12.5 Å². The zero-order valence-corrected chi connectivity index (χ0v) is 14.1. The van der Waals surface area contributed by atoms with Crippen LogP contribution in [0.1, 0.15) is 28.7 Å². The molecule has 0 saturated heterocycles. The fourth-order valence-corrected chi connectivity index (χ4v) is 3.65. The normalized spacial score (nSPS) is 12.8. The van der Waals surface area contributed by atoms with Gasteiger partial charge in [0.25, 0.3) is 6.43 Å². The number of nitrogens with two attached hydrogens (primary N) is 1. The summed E-state index contributed by atoms with van der Waals surface area (Å²) in [6.45, 7) is 0. The number of aliphatic hydroxyl groups excluding tert-OH is 1. The summed E-state index contributed by atoms with van der Waals surface area (Å²) >= 11 is 1.27. The lowest BCUT2D eigenvalue weighted by atomic mass is 10.1. The second kappa shape index (κ2) is 6.47. The van der Waals surface area contributed by atoms with Crippen LogP contribution in [0.5, 0.6) is 0 Å². The first-order chi connectivity index (χ1) is 12.5. The highest BCUT2D eigenvalue weighted by atomic mass is 32.1. The van der Waals surface area contributed by atoms with Crippen LogP contribution in [0.2, 0.25) is 0 Å². The van der Waals surface area contributed by atoms with Gasteiger partial charge in [-0.1, -0.05) is 30.3 Å². The predicted octanol–water partition coefficient (Wildman–Crippen LogP) is 4.55. The van der Waals surface area contributed by atoms with Gasteiger partial charge in [0.1, 0.15) is 16.8 Å². The molecule has 132 valence electrons. The minimum absolute atomic E-state index is 0.118. The van der Waals surface area contributed by atoms with Gasteiger partial charge >= 0.3 is 0 Å². The molecule has 4 rings (SSSR count). The monoisotopic (exact) mass is 373 g/mol. The highest BCUT2D eigenvalue weighted by Crippen LogP contribution is 2.36. The number of hydrogen-bond donors (Lipinski definition) is 2. The number of hydrogen-bond acceptors (Lipinski definition) is 6. The molecular weight excluding hydrogens is 360 g/mol. The summed E-state index contributed by atoms with van der Waals surface area (Å²) in [5.41, 5.74) is 6.75. The van der Waals surface area contributed by atoms with Gasteiger partial charge in [-0.05, 0) is 23.8 Å². The van der Waals surface area contributed by atoms with Crippen LogP contribution < -0.4 is 5.73 Å². The fraction of sp³-hybridized carbons (Fsp3) is 0.111. The molecule has 0 aliphatic carbocycles. The van der Waals surface area contributed by atoms with E-state index in [0.29, 0.717) is 15.1 Å². The summed E-state index contributed by atoms with van der Waals surface area (Å²) in [7, 11) is 0. The molecule has 1 aromatic carbocycles. The Morgan fingerprint density at radius 2 is 1.85 bits per heavy atom. The quantitative estimate of drug-likeness (QED) is 0.548. The maximum absolute atomic E-state index is 12.7. The van der Waals surface area contributed by atoms with E-state index in [2.05, 4.69) is 9.97 Å². The van der Waals surface area contributed by atoms with E-state index in [9.17, 15) is 13.9 Å². The molecule has 0 bridgehead atoms. The summed E-state index contributed by atoms with van der Waals surface area (Å²) in [5.74, 6) is -0.00615. The van der Waals surface area contributed by atoms with E-state index in [1.54, 1.807) is 6.07 Å². The van der Waals surface area contributed by atoms with E-state index in [1.807, 2.05) is 30.3 Å². The summed E-state index contributed by atoms with van der Waals surface area (Å²) in [6.07, 6.45) is -3.52. The van der Waals surface area contributed by atoms with Gasteiger partial charge in [0.2, 0.25) is 0 Å². The highest BCUT2D eigenvalue weighted by molar-refractivity contribution is 7.18. The Labute approximate surface area is 150 Å². The Hall–Kier alpha value is -2.84. The second-order valence-corrected chi connectivity index (χ2v) is 6.68. The van der Waals surface area contributed by atoms with Gasteiger partial charge in [-0.3, -0.25) is 0 Å². The van der Waals surface area contributed by atoms with Crippen LogP contribution in [0, 0.1) is 0 Å². The third-order valence-electron chi connectivity index (χ3n) is 3.89. The molecule has 1 atom stereocenters. The molecule has 3 N–H and O–H groups in total. The summed E-state index contributed by atoms with van der Waals surface area (Å²) in [6, 6.07) is 13.5. The molecule has 0 aliphatic heterocycles. The number of halogens is 2. The van der Waals surface area contributed by atoms with E-state index < -0.39 is 18.3 Å². The van der Waals surface area contributed by atoms with Gasteiger partial charge < -0.3 is 15.3 Å². The van der Waals surface area contributed by atoms with E-state index >= 15 is 0 Å². The average molecular weight is 373 g/mol. The first kappa shape index (κ1) is 16.6. The molecule has 4 aromatic rings. The molecular formula is C18H13F2N3O2S. The minimum Gasteiger partial charge on any atom is -0.452 e. The Bertz CT molecular complexity index is 1060. The number of aliphatic hydroxyl groups is 1. The Kier molecular flexibility index (Phi) is 4.14. The lowest BCUT2D eigenvalue weighted by Gasteiger charge is -2.07. The molecule has 1 unspecified atom stereocenters. The van der Waals surface area contributed by atoms with Crippen LogP contribution in [0.25, 0.3) is 21.8 Å². The van der Waals surface area contributed by atoms with E-state index in [0.717, 1.165) is 5.56 Å². The van der Waals surface area contributed by atoms with Crippen molar-refractivity contribution in [1.29, 1.82) is 0 Å². The molecule has 0 saturated carbocycles.